The number of carbonyl (C=O) groups is 3. The van der Waals surface area contributed by atoms with Gasteiger partial charge in [-0.25, -0.2) is 0 Å². The Bertz CT molecular complexity index is 1170. The van der Waals surface area contributed by atoms with Crippen LogP contribution in [0.3, 0.4) is 0 Å². The summed E-state index contributed by atoms with van der Waals surface area (Å²) in [6, 6.07) is 14.4. The van der Waals surface area contributed by atoms with Crippen LogP contribution in [-0.2, 0) is 4.79 Å². The maximum Gasteiger partial charge on any atom is 0.273 e. The van der Waals surface area contributed by atoms with Crippen LogP contribution < -0.4 is 21.7 Å². The minimum atomic E-state index is -1.03. The first-order chi connectivity index (χ1) is 16.2. The molecule has 5 N–H and O–H groups in total. The van der Waals surface area contributed by atoms with E-state index in [0.29, 0.717) is 28.7 Å². The van der Waals surface area contributed by atoms with Crippen LogP contribution >= 0.6 is 23.1 Å². The van der Waals surface area contributed by atoms with Crippen LogP contribution in [0.25, 0.3) is 0 Å². The van der Waals surface area contributed by atoms with Crippen LogP contribution in [0.2, 0.25) is 5.02 Å². The molecule has 8 nitrogen and oxygen atoms in total. The molecule has 10 heteroatoms. The third kappa shape index (κ3) is 5.73. The van der Waals surface area contributed by atoms with Crippen molar-refractivity contribution in [1.82, 2.24) is 9.69 Å². The minimum absolute atomic E-state index is 0.0200. The fourth-order valence-corrected chi connectivity index (χ4v) is 4.22. The molecule has 0 saturated carbocycles. The maximum atomic E-state index is 13.8. The number of nitrogens with zero attached hydrogens (tertiary/aromatic N) is 2. The van der Waals surface area contributed by atoms with E-state index in [1.54, 1.807) is 54.6 Å². The van der Waals surface area contributed by atoms with Gasteiger partial charge in [-0.3, -0.25) is 19.3 Å². The van der Waals surface area contributed by atoms with Gasteiger partial charge in [-0.05, 0) is 53.7 Å². The number of hydrogen-bond acceptors (Lipinski definition) is 6. The van der Waals surface area contributed by atoms with Crippen molar-refractivity contribution >= 4 is 52.2 Å². The van der Waals surface area contributed by atoms with Crippen LogP contribution in [0.5, 0.6) is 0 Å². The molecule has 1 heterocycles. The number of rotatable bonds is 9. The van der Waals surface area contributed by atoms with Crippen molar-refractivity contribution in [3.8, 4) is 0 Å². The van der Waals surface area contributed by atoms with Gasteiger partial charge >= 0.3 is 0 Å². The van der Waals surface area contributed by atoms with Gasteiger partial charge in [-0.15, -0.1) is 0 Å². The SMILES string of the molecule is CC(C)CCNC(=O)C(c1ccc(Cl)cc1)N(C(=O)c1snc(C(N)=O)c1N)c1ccccc1. The smallest absolute Gasteiger partial charge is 0.273 e. The number of anilines is 2. The number of nitrogens with two attached hydrogens (primary N) is 2. The van der Waals surface area contributed by atoms with Gasteiger partial charge in [0.1, 0.15) is 10.9 Å². The van der Waals surface area contributed by atoms with E-state index in [0.717, 1.165) is 18.0 Å². The first kappa shape index (κ1) is 25.2. The number of hydrogen-bond donors (Lipinski definition) is 3. The van der Waals surface area contributed by atoms with E-state index in [-0.39, 0.29) is 22.2 Å². The highest BCUT2D eigenvalue weighted by atomic mass is 35.5. The summed E-state index contributed by atoms with van der Waals surface area (Å²) in [6.45, 7) is 4.57. The van der Waals surface area contributed by atoms with Crippen LogP contribution in [0.4, 0.5) is 11.4 Å². The highest BCUT2D eigenvalue weighted by Crippen LogP contribution is 2.33. The van der Waals surface area contributed by atoms with Crippen molar-refractivity contribution in [3.05, 3.63) is 75.8 Å². The molecule has 34 heavy (non-hydrogen) atoms. The average molecular weight is 500 g/mol. The van der Waals surface area contributed by atoms with E-state index < -0.39 is 17.9 Å². The molecule has 3 rings (SSSR count). The zero-order valence-corrected chi connectivity index (χ0v) is 20.4. The van der Waals surface area contributed by atoms with Gasteiger partial charge in [0.05, 0.1) is 5.69 Å². The van der Waals surface area contributed by atoms with Crippen LogP contribution in [0.15, 0.2) is 54.6 Å². The van der Waals surface area contributed by atoms with Gasteiger partial charge in [0, 0.05) is 17.3 Å². The zero-order valence-electron chi connectivity index (χ0n) is 18.8. The summed E-state index contributed by atoms with van der Waals surface area (Å²) < 4.78 is 3.95. The molecule has 3 aromatic rings. The van der Waals surface area contributed by atoms with E-state index in [9.17, 15) is 14.4 Å². The second-order valence-corrected chi connectivity index (χ2v) is 9.29. The summed E-state index contributed by atoms with van der Waals surface area (Å²) in [4.78, 5) is 40.4. The highest BCUT2D eigenvalue weighted by molar-refractivity contribution is 7.09. The molecule has 0 aliphatic heterocycles. The number of para-hydroxylation sites is 1. The predicted octanol–water partition coefficient (Wildman–Crippen LogP) is 4.03. The van der Waals surface area contributed by atoms with E-state index in [1.165, 1.54) is 4.90 Å². The number of aromatic nitrogens is 1. The summed E-state index contributed by atoms with van der Waals surface area (Å²) >= 11 is 6.84. The van der Waals surface area contributed by atoms with Gasteiger partial charge in [-0.2, -0.15) is 4.37 Å². The van der Waals surface area contributed by atoms with Gasteiger partial charge in [-0.1, -0.05) is 55.8 Å². The number of benzene rings is 2. The molecule has 0 bridgehead atoms. The normalized spacial score (nSPS) is 11.8. The van der Waals surface area contributed by atoms with E-state index in [2.05, 4.69) is 23.5 Å². The van der Waals surface area contributed by atoms with Crippen molar-refractivity contribution in [2.45, 2.75) is 26.3 Å². The number of halogens is 1. The third-order valence-corrected chi connectivity index (χ3v) is 6.22. The first-order valence-corrected chi connectivity index (χ1v) is 11.8. The van der Waals surface area contributed by atoms with Gasteiger partial charge in [0.2, 0.25) is 5.91 Å². The summed E-state index contributed by atoms with van der Waals surface area (Å²) in [5.41, 5.74) is 12.1. The topological polar surface area (TPSA) is 131 Å². The lowest BCUT2D eigenvalue weighted by atomic mass is 10.0. The molecule has 0 aliphatic carbocycles. The standard InChI is InChI=1S/C24H26ClN5O3S/c1-14(2)12-13-28-23(32)20(15-8-10-16(25)11-9-15)30(17-6-4-3-5-7-17)24(33)21-18(26)19(22(27)31)29-34-21/h3-11,14,20H,12-13,26H2,1-2H3,(H2,27,31)(H,28,32). The molecule has 3 amide bonds. The Morgan fingerprint density at radius 1 is 1.09 bits per heavy atom. The quantitative estimate of drug-likeness (QED) is 0.409. The van der Waals surface area contributed by atoms with Gasteiger partial charge in [0.15, 0.2) is 5.69 Å². The van der Waals surface area contributed by atoms with Gasteiger partial charge in [0.25, 0.3) is 11.8 Å². The Balaban J connectivity index is 2.12. The molecule has 1 unspecified atom stereocenters. The predicted molar refractivity (Wildman–Crippen MR) is 135 cm³/mol. The lowest BCUT2D eigenvalue weighted by Crippen LogP contribution is -2.44. The van der Waals surface area contributed by atoms with E-state index >= 15 is 0 Å². The molecule has 0 radical (unpaired) electrons. The second-order valence-electron chi connectivity index (χ2n) is 8.08. The van der Waals surface area contributed by atoms with Crippen molar-refractivity contribution in [1.29, 1.82) is 0 Å². The van der Waals surface area contributed by atoms with Crippen molar-refractivity contribution < 1.29 is 14.4 Å². The monoisotopic (exact) mass is 499 g/mol. The molecule has 2 aromatic carbocycles. The van der Waals surface area contributed by atoms with Crippen molar-refractivity contribution in [2.75, 3.05) is 17.2 Å². The van der Waals surface area contributed by atoms with Crippen molar-refractivity contribution in [2.24, 2.45) is 11.7 Å². The number of carbonyl (C=O) groups excluding carboxylic acids is 3. The second kappa shape index (κ2) is 11.1. The fourth-order valence-electron chi connectivity index (χ4n) is 3.35. The third-order valence-electron chi connectivity index (χ3n) is 5.12. The zero-order chi connectivity index (χ0) is 24.8. The average Bonchev–Trinajstić information content (AvgIpc) is 3.19. The summed E-state index contributed by atoms with van der Waals surface area (Å²) in [5.74, 6) is -1.38. The Morgan fingerprint density at radius 2 is 1.74 bits per heavy atom. The highest BCUT2D eigenvalue weighted by Gasteiger charge is 2.35. The summed E-state index contributed by atoms with van der Waals surface area (Å²) in [7, 11) is 0. The Labute approximate surface area is 207 Å². The summed E-state index contributed by atoms with van der Waals surface area (Å²) in [5, 5.41) is 3.44. The van der Waals surface area contributed by atoms with E-state index in [1.807, 2.05) is 0 Å². The molecular formula is C24H26ClN5O3S. The maximum absolute atomic E-state index is 13.8. The molecule has 0 spiro atoms. The lowest BCUT2D eigenvalue weighted by molar-refractivity contribution is -0.122. The molecule has 0 aliphatic rings. The molecule has 1 atom stereocenters. The minimum Gasteiger partial charge on any atom is -0.395 e. The Hall–Kier alpha value is -3.43. The Kier molecular flexibility index (Phi) is 8.25. The molecule has 1 aromatic heterocycles. The summed E-state index contributed by atoms with van der Waals surface area (Å²) in [6.07, 6.45) is 0.780. The largest absolute Gasteiger partial charge is 0.395 e. The van der Waals surface area contributed by atoms with Crippen LogP contribution in [-0.4, -0.2) is 28.6 Å². The number of nitrogen functional groups attached to an aromatic ring is 1. The first-order valence-electron chi connectivity index (χ1n) is 10.7. The lowest BCUT2D eigenvalue weighted by Gasteiger charge is -2.31. The number of amides is 3. The van der Waals surface area contributed by atoms with Crippen LogP contribution in [0, 0.1) is 5.92 Å². The fraction of sp³-hybridized carbons (Fsp3) is 0.250. The molecule has 0 saturated heterocycles. The number of primary amides is 1. The molecule has 0 fully saturated rings. The van der Waals surface area contributed by atoms with Crippen molar-refractivity contribution in [3.63, 3.8) is 0 Å². The molecule has 178 valence electrons. The van der Waals surface area contributed by atoms with Crippen LogP contribution in [0.1, 0.15) is 52.0 Å². The van der Waals surface area contributed by atoms with E-state index in [4.69, 9.17) is 23.1 Å². The molecular weight excluding hydrogens is 474 g/mol. The van der Waals surface area contributed by atoms with Gasteiger partial charge < -0.3 is 16.8 Å². The number of nitrogens with one attached hydrogen (secondary N) is 1. The Morgan fingerprint density at radius 3 is 2.29 bits per heavy atom.